The number of aromatic hydroxyl groups is 1. The maximum absolute atomic E-state index is 14.7. The number of phenolic OH excluding ortho intramolecular Hbond substituents is 1. The number of hydrogen-bond acceptors (Lipinski definition) is 8. The van der Waals surface area contributed by atoms with Gasteiger partial charge < -0.3 is 19.3 Å². The van der Waals surface area contributed by atoms with Crippen molar-refractivity contribution < 1.29 is 42.9 Å². The largest absolute Gasteiger partial charge is 0.504 e. The molecule has 2 aliphatic heterocycles. The van der Waals surface area contributed by atoms with Crippen molar-refractivity contribution in [3.63, 3.8) is 0 Å². The number of hydrogen-bond donors (Lipinski definition) is 1. The highest BCUT2D eigenvalue weighted by Gasteiger charge is 2.76. The van der Waals surface area contributed by atoms with E-state index in [4.69, 9.17) is 37.4 Å². The number of amides is 4. The molecule has 14 heteroatoms. The lowest BCUT2D eigenvalue weighted by Gasteiger charge is -2.50. The van der Waals surface area contributed by atoms with E-state index >= 15 is 0 Å². The number of carbonyl (C=O) groups is 4. The Balaban J connectivity index is 1.17. The number of ether oxygens (including phenoxy) is 3. The number of alkyl halides is 2. The Hall–Kier alpha value is -4.92. The van der Waals surface area contributed by atoms with Crippen LogP contribution in [0.2, 0.25) is 0 Å². The van der Waals surface area contributed by atoms with Gasteiger partial charge in [0.2, 0.25) is 11.8 Å². The molecule has 6 atom stereocenters. The van der Waals surface area contributed by atoms with E-state index in [2.05, 4.69) is 0 Å². The smallest absolute Gasteiger partial charge is 0.258 e. The van der Waals surface area contributed by atoms with Gasteiger partial charge in [-0.15, -0.1) is 23.2 Å². The number of allylic oxidation sites excluding steroid dienone is 2. The molecule has 10 nitrogen and oxygen atoms in total. The summed E-state index contributed by atoms with van der Waals surface area (Å²) >= 11 is 16.9. The van der Waals surface area contributed by atoms with Crippen LogP contribution >= 0.6 is 45.8 Å². The zero-order valence-electron chi connectivity index (χ0n) is 30.7. The lowest BCUT2D eigenvalue weighted by atomic mass is 9.56. The molecule has 2 heterocycles. The van der Waals surface area contributed by atoms with Crippen molar-refractivity contribution in [1.29, 1.82) is 0 Å². The van der Waals surface area contributed by atoms with Crippen molar-refractivity contribution in [1.82, 2.24) is 0 Å². The predicted molar refractivity (Wildman–Crippen MR) is 221 cm³/mol. The average Bonchev–Trinajstić information content (AvgIpc) is 3.55. The van der Waals surface area contributed by atoms with E-state index in [-0.39, 0.29) is 30.0 Å². The minimum absolute atomic E-state index is 0.0755. The molecule has 2 saturated heterocycles. The van der Waals surface area contributed by atoms with E-state index < -0.39 is 62.9 Å². The van der Waals surface area contributed by atoms with Crippen LogP contribution in [0, 0.1) is 27.1 Å². The number of anilines is 2. The van der Waals surface area contributed by atoms with Crippen molar-refractivity contribution in [2.24, 2.45) is 17.8 Å². The van der Waals surface area contributed by atoms with Gasteiger partial charge in [0.1, 0.15) is 17.3 Å². The van der Waals surface area contributed by atoms with Crippen molar-refractivity contribution >= 4 is 92.9 Å². The van der Waals surface area contributed by atoms with Crippen molar-refractivity contribution in [2.75, 3.05) is 31.1 Å². The fourth-order valence-corrected chi connectivity index (χ4v) is 10.4. The van der Waals surface area contributed by atoms with E-state index in [1.54, 1.807) is 50.6 Å². The Morgan fingerprint density at radius 3 is 2.12 bits per heavy atom. The Morgan fingerprint density at radius 1 is 0.789 bits per heavy atom. The highest BCUT2D eigenvalue weighted by atomic mass is 127. The van der Waals surface area contributed by atoms with Gasteiger partial charge in [-0.1, -0.05) is 35.9 Å². The highest BCUT2D eigenvalue weighted by molar-refractivity contribution is 14.1. The Morgan fingerprint density at radius 2 is 1.46 bits per heavy atom. The summed E-state index contributed by atoms with van der Waals surface area (Å²) in [6.45, 7) is 0. The van der Waals surface area contributed by atoms with E-state index in [0.29, 0.717) is 31.9 Å². The maximum Gasteiger partial charge on any atom is 0.258 e. The quantitative estimate of drug-likeness (QED) is 0.0619. The number of benzene rings is 4. The maximum atomic E-state index is 14.7. The summed E-state index contributed by atoms with van der Waals surface area (Å²) in [6.07, 6.45) is 5.51. The molecule has 292 valence electrons. The predicted octanol–water partition coefficient (Wildman–Crippen LogP) is 8.10. The first-order valence-corrected chi connectivity index (χ1v) is 19.8. The van der Waals surface area contributed by atoms with E-state index in [0.717, 1.165) is 28.2 Å². The molecule has 4 aliphatic rings. The molecular weight excluding hydrogens is 889 g/mol. The van der Waals surface area contributed by atoms with E-state index in [1.807, 2.05) is 53.0 Å². The number of fused-ring (bicyclic) bond motifs is 4. The third-order valence-electron chi connectivity index (χ3n) is 11.5. The number of halogens is 4. The topological polar surface area (TPSA) is 123 Å². The van der Waals surface area contributed by atoms with Gasteiger partial charge in [-0.25, -0.2) is 9.29 Å². The van der Waals surface area contributed by atoms with Crippen LogP contribution in [0.5, 0.6) is 23.0 Å². The van der Waals surface area contributed by atoms with E-state index in [9.17, 15) is 28.7 Å². The molecule has 6 unspecified atom stereocenters. The molecule has 0 aromatic heterocycles. The molecule has 0 bridgehead atoms. The molecule has 3 fully saturated rings. The number of imide groups is 2. The minimum Gasteiger partial charge on any atom is -0.504 e. The summed E-state index contributed by atoms with van der Waals surface area (Å²) in [5.41, 5.74) is 3.04. The van der Waals surface area contributed by atoms with Crippen molar-refractivity contribution in [2.45, 2.75) is 28.5 Å². The Bertz CT molecular complexity index is 2420. The van der Waals surface area contributed by atoms with Gasteiger partial charge in [0.25, 0.3) is 11.8 Å². The molecule has 4 amide bonds. The van der Waals surface area contributed by atoms with Crippen LogP contribution in [0.15, 0.2) is 90.5 Å². The van der Waals surface area contributed by atoms with Gasteiger partial charge in [0.15, 0.2) is 21.2 Å². The minimum atomic E-state index is -2.14. The van der Waals surface area contributed by atoms with Gasteiger partial charge in [0, 0.05) is 11.5 Å². The lowest BCUT2D eigenvalue weighted by Crippen LogP contribution is -2.60. The van der Waals surface area contributed by atoms with Gasteiger partial charge >= 0.3 is 0 Å². The van der Waals surface area contributed by atoms with Crippen molar-refractivity contribution in [3.05, 3.63) is 117 Å². The normalized spacial score (nSPS) is 26.7. The number of phenols is 1. The zero-order chi connectivity index (χ0) is 40.6. The first-order valence-electron chi connectivity index (χ1n) is 17.9. The number of rotatable bonds is 8. The molecule has 0 spiro atoms. The molecule has 57 heavy (non-hydrogen) atoms. The molecule has 0 radical (unpaired) electrons. The van der Waals surface area contributed by atoms with Gasteiger partial charge in [-0.2, -0.15) is 0 Å². The zero-order valence-corrected chi connectivity index (χ0v) is 34.3. The molecule has 1 saturated carbocycles. The first kappa shape index (κ1) is 38.9. The summed E-state index contributed by atoms with van der Waals surface area (Å²) in [7, 11) is 4.54. The average molecular weight is 924 g/mol. The Labute approximate surface area is 350 Å². The number of methoxy groups -OCH3 is 3. The second kappa shape index (κ2) is 14.5. The number of carbonyl (C=O) groups excluding carboxylic acids is 4. The fraction of sp³-hybridized carbons (Fsp3) is 0.256. The third-order valence-corrected chi connectivity index (χ3v) is 13.8. The Kier molecular flexibility index (Phi) is 9.89. The third kappa shape index (κ3) is 5.93. The van der Waals surface area contributed by atoms with Crippen molar-refractivity contribution in [3.8, 4) is 23.0 Å². The van der Waals surface area contributed by atoms with Crippen LogP contribution in [0.25, 0.3) is 12.2 Å². The standard InChI is InChI=1S/C43H34Cl2FIN2O8/c1-55-28-14-17-33(56-2)23(18-28)7-4-22-5-10-26(11-6-22)48-38(51)30-16-15-29-31(35(30)39(48)52)21-42(44)40(53)49(27-12-8-25(46)9-13-27)41(54)43(42,45)36(29)24-19-32(47)37(50)34(20-24)57-3/h4-15,17-20,30-31,35-36,50H,16,21H2,1-3H3. The summed E-state index contributed by atoms with van der Waals surface area (Å²) in [4.78, 5) is 55.8. The van der Waals surface area contributed by atoms with E-state index in [1.165, 1.54) is 30.2 Å². The monoisotopic (exact) mass is 922 g/mol. The number of nitrogens with zero attached hydrogens (tertiary/aromatic N) is 2. The highest BCUT2D eigenvalue weighted by Crippen LogP contribution is 2.66. The molecule has 4 aromatic rings. The molecule has 2 aliphatic carbocycles. The summed E-state index contributed by atoms with van der Waals surface area (Å²) < 4.78 is 30.7. The SMILES string of the molecule is COc1ccc(OC)c(C=Cc2ccc(N3C(=O)C4CC=C5C(CC6(Cl)C(=O)N(c7ccc(F)cc7)C(=O)C6(Cl)C5c5cc(I)c(O)c(OC)c5)C4C3=O)cc2)c1. The second-order valence-corrected chi connectivity index (χ2v) is 16.8. The van der Waals surface area contributed by atoms with Crippen LogP contribution in [0.1, 0.15) is 35.4 Å². The second-order valence-electron chi connectivity index (χ2n) is 14.3. The molecule has 8 rings (SSSR count). The van der Waals surface area contributed by atoms with Crippen LogP contribution < -0.4 is 24.0 Å². The summed E-state index contributed by atoms with van der Waals surface area (Å²) in [5, 5.41) is 10.8. The fourth-order valence-electron chi connectivity index (χ4n) is 8.83. The van der Waals surface area contributed by atoms with Gasteiger partial charge in [-0.05, 0) is 119 Å². The molecule has 1 N–H and O–H groups in total. The van der Waals surface area contributed by atoms with Gasteiger partial charge in [-0.3, -0.25) is 24.1 Å². The molecule has 4 aromatic carbocycles. The lowest BCUT2D eigenvalue weighted by molar-refractivity contribution is -0.125. The van der Waals surface area contributed by atoms with Gasteiger partial charge in [0.05, 0.1) is 48.1 Å². The van der Waals surface area contributed by atoms with Crippen LogP contribution in [-0.2, 0) is 19.2 Å². The van der Waals surface area contributed by atoms with Crippen LogP contribution in [-0.4, -0.2) is 59.8 Å². The molecular formula is C43H34Cl2FIN2O8. The summed E-state index contributed by atoms with van der Waals surface area (Å²) in [5.74, 6) is -5.38. The van der Waals surface area contributed by atoms with Crippen LogP contribution in [0.4, 0.5) is 15.8 Å². The first-order chi connectivity index (χ1) is 27.3. The summed E-state index contributed by atoms with van der Waals surface area (Å²) in [6, 6.07) is 20.4. The van der Waals surface area contributed by atoms with Crippen LogP contribution in [0.3, 0.4) is 0 Å².